The summed E-state index contributed by atoms with van der Waals surface area (Å²) in [6, 6.07) is 14.1. The maximum Gasteiger partial charge on any atom is 0.254 e. The molecule has 0 amide bonds. The lowest BCUT2D eigenvalue weighted by molar-refractivity contribution is 0.174. The SMILES string of the molecule is Cc1ccc(-c2nc3c(c(=O)[nH]2)CCN(Cc2ccc4c(c2)OCO4)C3)cc1. The Balaban J connectivity index is 1.40. The summed E-state index contributed by atoms with van der Waals surface area (Å²) in [5.41, 5.74) is 4.92. The molecule has 0 bridgehead atoms. The molecule has 5 rings (SSSR count). The number of nitrogens with zero attached hydrogens (tertiary/aromatic N) is 2. The number of fused-ring (bicyclic) bond motifs is 2. The predicted octanol–water partition coefficient (Wildman–Crippen LogP) is 3.03. The van der Waals surface area contributed by atoms with Gasteiger partial charge in [-0.3, -0.25) is 9.69 Å². The van der Waals surface area contributed by atoms with E-state index in [1.807, 2.05) is 43.3 Å². The Kier molecular flexibility index (Phi) is 4.13. The van der Waals surface area contributed by atoms with E-state index in [1.54, 1.807) is 0 Å². The van der Waals surface area contributed by atoms with Crippen LogP contribution in [0.5, 0.6) is 11.5 Å². The summed E-state index contributed by atoms with van der Waals surface area (Å²) in [4.78, 5) is 22.6. The summed E-state index contributed by atoms with van der Waals surface area (Å²) in [6.45, 7) is 4.60. The van der Waals surface area contributed by atoms with Gasteiger partial charge in [-0.1, -0.05) is 35.9 Å². The molecule has 2 aliphatic rings. The fraction of sp³-hybridized carbons (Fsp3) is 0.273. The first-order chi connectivity index (χ1) is 13.7. The van der Waals surface area contributed by atoms with Gasteiger partial charge in [0.05, 0.1) is 5.69 Å². The molecule has 0 fully saturated rings. The Bertz CT molecular complexity index is 1090. The number of hydrogen-bond donors (Lipinski definition) is 1. The van der Waals surface area contributed by atoms with E-state index in [0.717, 1.165) is 47.0 Å². The predicted molar refractivity (Wildman–Crippen MR) is 105 cm³/mol. The molecular formula is C22H21N3O3. The summed E-state index contributed by atoms with van der Waals surface area (Å²) in [5.74, 6) is 2.23. The summed E-state index contributed by atoms with van der Waals surface area (Å²) < 4.78 is 10.9. The van der Waals surface area contributed by atoms with Gasteiger partial charge >= 0.3 is 0 Å². The summed E-state index contributed by atoms with van der Waals surface area (Å²) in [6.07, 6.45) is 0.705. The number of aromatic nitrogens is 2. The first kappa shape index (κ1) is 17.0. The monoisotopic (exact) mass is 375 g/mol. The molecule has 0 unspecified atom stereocenters. The van der Waals surface area contributed by atoms with Crippen molar-refractivity contribution >= 4 is 0 Å². The van der Waals surface area contributed by atoms with Crippen molar-refractivity contribution in [1.82, 2.24) is 14.9 Å². The maximum atomic E-state index is 12.6. The molecule has 0 aliphatic carbocycles. The second-order valence-electron chi connectivity index (χ2n) is 7.35. The van der Waals surface area contributed by atoms with E-state index < -0.39 is 0 Å². The van der Waals surface area contributed by atoms with E-state index in [2.05, 4.69) is 16.0 Å². The molecule has 3 aromatic rings. The highest BCUT2D eigenvalue weighted by Gasteiger charge is 2.22. The zero-order valence-corrected chi connectivity index (χ0v) is 15.7. The van der Waals surface area contributed by atoms with Crippen molar-refractivity contribution in [2.45, 2.75) is 26.4 Å². The van der Waals surface area contributed by atoms with Crippen molar-refractivity contribution < 1.29 is 9.47 Å². The van der Waals surface area contributed by atoms with Crippen LogP contribution < -0.4 is 15.0 Å². The Hall–Kier alpha value is -3.12. The minimum atomic E-state index is -0.0247. The van der Waals surface area contributed by atoms with Crippen LogP contribution in [0.4, 0.5) is 0 Å². The lowest BCUT2D eigenvalue weighted by Crippen LogP contribution is -2.35. The van der Waals surface area contributed by atoms with Crippen LogP contribution in [0.2, 0.25) is 0 Å². The average molecular weight is 375 g/mol. The Morgan fingerprint density at radius 1 is 1.11 bits per heavy atom. The highest BCUT2D eigenvalue weighted by atomic mass is 16.7. The van der Waals surface area contributed by atoms with E-state index in [-0.39, 0.29) is 12.4 Å². The van der Waals surface area contributed by atoms with Crippen LogP contribution in [-0.2, 0) is 19.5 Å². The number of aryl methyl sites for hydroxylation is 1. The zero-order valence-electron chi connectivity index (χ0n) is 15.7. The number of ether oxygens (including phenoxy) is 2. The maximum absolute atomic E-state index is 12.6. The van der Waals surface area contributed by atoms with Gasteiger partial charge in [0.15, 0.2) is 11.5 Å². The molecular weight excluding hydrogens is 354 g/mol. The lowest BCUT2D eigenvalue weighted by Gasteiger charge is -2.27. The smallest absolute Gasteiger partial charge is 0.254 e. The van der Waals surface area contributed by atoms with Crippen molar-refractivity contribution in [3.05, 3.63) is 75.2 Å². The number of H-pyrrole nitrogens is 1. The zero-order chi connectivity index (χ0) is 19.1. The fourth-order valence-electron chi connectivity index (χ4n) is 3.77. The van der Waals surface area contributed by atoms with Gasteiger partial charge in [-0.15, -0.1) is 0 Å². The van der Waals surface area contributed by atoms with Crippen LogP contribution in [0, 0.1) is 6.92 Å². The minimum absolute atomic E-state index is 0.0247. The van der Waals surface area contributed by atoms with Gasteiger partial charge in [-0.05, 0) is 31.0 Å². The first-order valence-electron chi connectivity index (χ1n) is 9.46. The van der Waals surface area contributed by atoms with E-state index in [1.165, 1.54) is 5.56 Å². The van der Waals surface area contributed by atoms with Gasteiger partial charge in [0.1, 0.15) is 5.82 Å². The molecule has 2 aromatic carbocycles. The number of benzene rings is 2. The van der Waals surface area contributed by atoms with Crippen LogP contribution in [-0.4, -0.2) is 28.2 Å². The van der Waals surface area contributed by atoms with Gasteiger partial charge in [0.25, 0.3) is 5.56 Å². The normalized spacial score (nSPS) is 15.5. The molecule has 1 aromatic heterocycles. The molecule has 0 saturated heterocycles. The van der Waals surface area contributed by atoms with Gasteiger partial charge < -0.3 is 14.5 Å². The Morgan fingerprint density at radius 3 is 2.79 bits per heavy atom. The summed E-state index contributed by atoms with van der Waals surface area (Å²) >= 11 is 0. The Labute approximate surface area is 162 Å². The highest BCUT2D eigenvalue weighted by molar-refractivity contribution is 5.55. The molecule has 0 radical (unpaired) electrons. The van der Waals surface area contributed by atoms with Gasteiger partial charge in [0, 0.05) is 30.8 Å². The topological polar surface area (TPSA) is 67.5 Å². The molecule has 3 heterocycles. The quantitative estimate of drug-likeness (QED) is 0.762. The number of nitrogens with one attached hydrogen (secondary N) is 1. The molecule has 6 nitrogen and oxygen atoms in total. The largest absolute Gasteiger partial charge is 0.454 e. The standard InChI is InChI=1S/C22H21N3O3/c1-14-2-5-16(6-3-14)21-23-18-12-25(9-8-17(18)22(26)24-21)11-15-4-7-19-20(10-15)28-13-27-19/h2-7,10H,8-9,11-13H2,1H3,(H,23,24,26). The van der Waals surface area contributed by atoms with E-state index in [4.69, 9.17) is 14.5 Å². The van der Waals surface area contributed by atoms with Crippen LogP contribution in [0.25, 0.3) is 11.4 Å². The number of aromatic amines is 1. The van der Waals surface area contributed by atoms with Crippen LogP contribution in [0.3, 0.4) is 0 Å². The molecule has 2 aliphatic heterocycles. The second-order valence-corrected chi connectivity index (χ2v) is 7.35. The molecule has 0 spiro atoms. The third-order valence-electron chi connectivity index (χ3n) is 5.32. The molecule has 0 saturated carbocycles. The van der Waals surface area contributed by atoms with Crippen molar-refractivity contribution in [3.63, 3.8) is 0 Å². The van der Waals surface area contributed by atoms with E-state index in [0.29, 0.717) is 18.8 Å². The van der Waals surface area contributed by atoms with Gasteiger partial charge in [-0.25, -0.2) is 4.98 Å². The molecule has 28 heavy (non-hydrogen) atoms. The molecule has 0 atom stereocenters. The number of hydrogen-bond acceptors (Lipinski definition) is 5. The first-order valence-corrected chi connectivity index (χ1v) is 9.46. The minimum Gasteiger partial charge on any atom is -0.454 e. The third kappa shape index (κ3) is 3.16. The van der Waals surface area contributed by atoms with Crippen LogP contribution >= 0.6 is 0 Å². The third-order valence-corrected chi connectivity index (χ3v) is 5.32. The highest BCUT2D eigenvalue weighted by Crippen LogP contribution is 2.33. The van der Waals surface area contributed by atoms with E-state index >= 15 is 0 Å². The van der Waals surface area contributed by atoms with Crippen LogP contribution in [0.15, 0.2) is 47.3 Å². The molecule has 1 N–H and O–H groups in total. The van der Waals surface area contributed by atoms with Crippen molar-refractivity contribution in [1.29, 1.82) is 0 Å². The van der Waals surface area contributed by atoms with Crippen molar-refractivity contribution in [2.75, 3.05) is 13.3 Å². The Morgan fingerprint density at radius 2 is 1.93 bits per heavy atom. The summed E-state index contributed by atoms with van der Waals surface area (Å²) in [5, 5.41) is 0. The second kappa shape index (κ2) is 6.80. The van der Waals surface area contributed by atoms with Crippen molar-refractivity contribution in [2.24, 2.45) is 0 Å². The summed E-state index contributed by atoms with van der Waals surface area (Å²) in [7, 11) is 0. The lowest BCUT2D eigenvalue weighted by atomic mass is 10.0. The average Bonchev–Trinajstić information content (AvgIpc) is 3.16. The molecule has 142 valence electrons. The van der Waals surface area contributed by atoms with Gasteiger partial charge in [-0.2, -0.15) is 0 Å². The van der Waals surface area contributed by atoms with Crippen molar-refractivity contribution in [3.8, 4) is 22.9 Å². The van der Waals surface area contributed by atoms with Gasteiger partial charge in [0.2, 0.25) is 6.79 Å². The molecule has 6 heteroatoms. The number of rotatable bonds is 3. The van der Waals surface area contributed by atoms with E-state index in [9.17, 15) is 4.79 Å². The fourth-order valence-corrected chi connectivity index (χ4v) is 3.77. The van der Waals surface area contributed by atoms with Crippen LogP contribution in [0.1, 0.15) is 22.4 Å².